The van der Waals surface area contributed by atoms with Crippen LogP contribution in [0.1, 0.15) is 29.2 Å². The highest BCUT2D eigenvalue weighted by atomic mass is 35.5. The van der Waals surface area contributed by atoms with E-state index in [2.05, 4.69) is 29.2 Å². The SMILES string of the molecule is N#Cc1cc(Cl)ccc1OC1c2ccccc2CC1N1CCC(N)C1. The summed E-state index contributed by atoms with van der Waals surface area (Å²) in [5.41, 5.74) is 9.10. The van der Waals surface area contributed by atoms with Gasteiger partial charge in [0.05, 0.1) is 11.6 Å². The number of nitrogens with two attached hydrogens (primary N) is 1. The summed E-state index contributed by atoms with van der Waals surface area (Å²) in [4.78, 5) is 2.43. The van der Waals surface area contributed by atoms with Crippen molar-refractivity contribution in [1.82, 2.24) is 4.90 Å². The summed E-state index contributed by atoms with van der Waals surface area (Å²) in [7, 11) is 0. The number of ether oxygens (including phenoxy) is 1. The van der Waals surface area contributed by atoms with Gasteiger partial charge in [0, 0.05) is 24.2 Å². The van der Waals surface area contributed by atoms with E-state index in [9.17, 15) is 5.26 Å². The predicted molar refractivity (Wildman–Crippen MR) is 97.6 cm³/mol. The molecule has 0 aromatic heterocycles. The summed E-state index contributed by atoms with van der Waals surface area (Å²) >= 11 is 6.01. The van der Waals surface area contributed by atoms with Gasteiger partial charge in [-0.1, -0.05) is 35.9 Å². The molecule has 1 aliphatic carbocycles. The fourth-order valence-electron chi connectivity index (χ4n) is 3.95. The molecule has 2 aromatic carbocycles. The molecule has 0 saturated carbocycles. The van der Waals surface area contributed by atoms with Crippen LogP contribution in [0.5, 0.6) is 5.75 Å². The van der Waals surface area contributed by atoms with Gasteiger partial charge in [-0.3, -0.25) is 4.90 Å². The molecule has 25 heavy (non-hydrogen) atoms. The zero-order valence-corrected chi connectivity index (χ0v) is 14.6. The number of nitrogens with zero attached hydrogens (tertiary/aromatic N) is 2. The topological polar surface area (TPSA) is 62.3 Å². The first kappa shape index (κ1) is 16.4. The average Bonchev–Trinajstić information content (AvgIpc) is 3.20. The fourth-order valence-corrected chi connectivity index (χ4v) is 4.12. The Hall–Kier alpha value is -2.06. The molecule has 5 heteroatoms. The Kier molecular flexibility index (Phi) is 4.39. The van der Waals surface area contributed by atoms with E-state index in [1.807, 2.05) is 6.07 Å². The highest BCUT2D eigenvalue weighted by Crippen LogP contribution is 2.39. The van der Waals surface area contributed by atoms with E-state index >= 15 is 0 Å². The number of benzene rings is 2. The Bertz CT molecular complexity index is 832. The Morgan fingerprint density at radius 1 is 1.24 bits per heavy atom. The third kappa shape index (κ3) is 3.11. The highest BCUT2D eigenvalue weighted by molar-refractivity contribution is 6.30. The number of rotatable bonds is 3. The molecule has 3 atom stereocenters. The molecule has 1 fully saturated rings. The molecule has 2 aromatic rings. The molecule has 1 heterocycles. The first-order valence-electron chi connectivity index (χ1n) is 8.59. The normalized spacial score (nSPS) is 25.6. The Morgan fingerprint density at radius 2 is 2.08 bits per heavy atom. The Balaban J connectivity index is 1.68. The highest BCUT2D eigenvalue weighted by Gasteiger charge is 2.40. The van der Waals surface area contributed by atoms with Gasteiger partial charge in [0.15, 0.2) is 0 Å². The van der Waals surface area contributed by atoms with Gasteiger partial charge in [-0.05, 0) is 42.2 Å². The number of hydrogen-bond acceptors (Lipinski definition) is 4. The Labute approximate surface area is 152 Å². The molecule has 0 bridgehead atoms. The standard InChI is InChI=1S/C20H20ClN3O/c21-15-5-6-19(14(9-15)11-22)25-20-17-4-2-1-3-13(17)10-18(20)24-8-7-16(23)12-24/h1-6,9,16,18,20H,7-8,10,12,23H2. The summed E-state index contributed by atoms with van der Waals surface area (Å²) in [6, 6.07) is 16.3. The van der Waals surface area contributed by atoms with Crippen LogP contribution in [0.3, 0.4) is 0 Å². The number of fused-ring (bicyclic) bond motifs is 1. The van der Waals surface area contributed by atoms with Crippen molar-refractivity contribution in [3.63, 3.8) is 0 Å². The van der Waals surface area contributed by atoms with Gasteiger partial charge in [0.25, 0.3) is 0 Å². The summed E-state index contributed by atoms with van der Waals surface area (Å²) in [6.45, 7) is 1.88. The second-order valence-electron chi connectivity index (χ2n) is 6.80. The van der Waals surface area contributed by atoms with Crippen molar-refractivity contribution in [1.29, 1.82) is 5.26 Å². The zero-order chi connectivity index (χ0) is 17.4. The van der Waals surface area contributed by atoms with Gasteiger partial charge in [0.1, 0.15) is 17.9 Å². The van der Waals surface area contributed by atoms with Crippen molar-refractivity contribution in [2.75, 3.05) is 13.1 Å². The Morgan fingerprint density at radius 3 is 2.84 bits per heavy atom. The third-order valence-electron chi connectivity index (χ3n) is 5.18. The van der Waals surface area contributed by atoms with Crippen LogP contribution in [0.4, 0.5) is 0 Å². The molecule has 2 aliphatic rings. The summed E-state index contributed by atoms with van der Waals surface area (Å²) < 4.78 is 6.38. The van der Waals surface area contributed by atoms with Crippen molar-refractivity contribution < 1.29 is 4.74 Å². The monoisotopic (exact) mass is 353 g/mol. The minimum atomic E-state index is -0.102. The van der Waals surface area contributed by atoms with Crippen molar-refractivity contribution in [3.8, 4) is 11.8 Å². The smallest absolute Gasteiger partial charge is 0.140 e. The van der Waals surface area contributed by atoms with E-state index in [-0.39, 0.29) is 18.2 Å². The van der Waals surface area contributed by atoms with E-state index in [4.69, 9.17) is 22.1 Å². The minimum Gasteiger partial charge on any atom is -0.483 e. The van der Waals surface area contributed by atoms with Crippen LogP contribution in [0, 0.1) is 11.3 Å². The predicted octanol–water partition coefficient (Wildman–Crippen LogP) is 3.29. The number of halogens is 1. The first-order chi connectivity index (χ1) is 12.2. The van der Waals surface area contributed by atoms with Gasteiger partial charge in [-0.25, -0.2) is 0 Å². The van der Waals surface area contributed by atoms with Crippen LogP contribution >= 0.6 is 11.6 Å². The third-order valence-corrected chi connectivity index (χ3v) is 5.42. The lowest BCUT2D eigenvalue weighted by atomic mass is 10.1. The number of hydrogen-bond donors (Lipinski definition) is 1. The minimum absolute atomic E-state index is 0.102. The second-order valence-corrected chi connectivity index (χ2v) is 7.24. The lowest BCUT2D eigenvalue weighted by molar-refractivity contribution is 0.0930. The van der Waals surface area contributed by atoms with Crippen LogP contribution in [-0.4, -0.2) is 30.1 Å². The van der Waals surface area contributed by atoms with Crippen LogP contribution in [0.2, 0.25) is 5.02 Å². The van der Waals surface area contributed by atoms with Crippen molar-refractivity contribution in [2.24, 2.45) is 5.73 Å². The number of nitriles is 1. The molecule has 4 rings (SSSR count). The average molecular weight is 354 g/mol. The maximum absolute atomic E-state index is 9.41. The summed E-state index contributed by atoms with van der Waals surface area (Å²) in [5.74, 6) is 0.585. The summed E-state index contributed by atoms with van der Waals surface area (Å²) in [5, 5.41) is 9.95. The molecule has 1 aliphatic heterocycles. The lowest BCUT2D eigenvalue weighted by Gasteiger charge is -2.30. The van der Waals surface area contributed by atoms with Crippen molar-refractivity contribution >= 4 is 11.6 Å². The maximum Gasteiger partial charge on any atom is 0.140 e. The van der Waals surface area contributed by atoms with Gasteiger partial charge in [-0.2, -0.15) is 5.26 Å². The van der Waals surface area contributed by atoms with E-state index in [1.54, 1.807) is 18.2 Å². The lowest BCUT2D eigenvalue weighted by Crippen LogP contribution is -2.40. The number of likely N-dealkylation sites (tertiary alicyclic amines) is 1. The zero-order valence-electron chi connectivity index (χ0n) is 13.9. The van der Waals surface area contributed by atoms with Crippen LogP contribution in [0.25, 0.3) is 0 Å². The van der Waals surface area contributed by atoms with Gasteiger partial charge in [-0.15, -0.1) is 0 Å². The van der Waals surface area contributed by atoms with E-state index < -0.39 is 0 Å². The van der Waals surface area contributed by atoms with Crippen molar-refractivity contribution in [2.45, 2.75) is 31.0 Å². The van der Waals surface area contributed by atoms with Gasteiger partial charge >= 0.3 is 0 Å². The molecule has 0 spiro atoms. The molecular formula is C20H20ClN3O. The largest absolute Gasteiger partial charge is 0.483 e. The molecule has 2 N–H and O–H groups in total. The van der Waals surface area contributed by atoms with E-state index in [0.717, 1.165) is 25.9 Å². The van der Waals surface area contributed by atoms with E-state index in [1.165, 1.54) is 11.1 Å². The van der Waals surface area contributed by atoms with Crippen molar-refractivity contribution in [3.05, 3.63) is 64.2 Å². The second kappa shape index (κ2) is 6.68. The molecule has 0 radical (unpaired) electrons. The fraction of sp³-hybridized carbons (Fsp3) is 0.350. The summed E-state index contributed by atoms with van der Waals surface area (Å²) in [6.07, 6.45) is 1.86. The molecule has 3 unspecified atom stereocenters. The first-order valence-corrected chi connectivity index (χ1v) is 8.97. The van der Waals surface area contributed by atoms with Crippen LogP contribution in [0.15, 0.2) is 42.5 Å². The molecule has 1 saturated heterocycles. The van der Waals surface area contributed by atoms with Gasteiger partial charge in [0.2, 0.25) is 0 Å². The maximum atomic E-state index is 9.41. The molecule has 4 nitrogen and oxygen atoms in total. The molecular weight excluding hydrogens is 334 g/mol. The van der Waals surface area contributed by atoms with Gasteiger partial charge < -0.3 is 10.5 Å². The van der Waals surface area contributed by atoms with Crippen LogP contribution in [-0.2, 0) is 6.42 Å². The van der Waals surface area contributed by atoms with E-state index in [0.29, 0.717) is 16.3 Å². The molecule has 0 amide bonds. The molecule has 128 valence electrons. The quantitative estimate of drug-likeness (QED) is 0.919. The van der Waals surface area contributed by atoms with Crippen LogP contribution < -0.4 is 10.5 Å².